The number of pyridine rings is 1. The van der Waals surface area contributed by atoms with Crippen molar-refractivity contribution in [3.05, 3.63) is 48.4 Å². The number of aromatic nitrogens is 7. The number of nitrogens with zero attached hydrogens (tertiary/aromatic N) is 6. The van der Waals surface area contributed by atoms with E-state index in [1.807, 2.05) is 36.4 Å². The number of hydrogen-bond acceptors (Lipinski definition) is 6. The van der Waals surface area contributed by atoms with Crippen molar-refractivity contribution in [2.24, 2.45) is 0 Å². The van der Waals surface area contributed by atoms with Gasteiger partial charge < -0.3 is 5.11 Å². The predicted molar refractivity (Wildman–Crippen MR) is 82.7 cm³/mol. The fourth-order valence-corrected chi connectivity index (χ4v) is 2.37. The summed E-state index contributed by atoms with van der Waals surface area (Å²) < 4.78 is 1.60. The molecule has 4 aromatic rings. The maximum Gasteiger partial charge on any atom is 0.179 e. The van der Waals surface area contributed by atoms with Crippen LogP contribution >= 0.6 is 0 Å². The van der Waals surface area contributed by atoms with Gasteiger partial charge in [0.15, 0.2) is 17.5 Å². The van der Waals surface area contributed by atoms with Crippen LogP contribution in [0.2, 0.25) is 0 Å². The van der Waals surface area contributed by atoms with E-state index in [-0.39, 0.29) is 0 Å². The summed E-state index contributed by atoms with van der Waals surface area (Å²) in [7, 11) is 0. The smallest absolute Gasteiger partial charge is 0.179 e. The Bertz CT molecular complexity index is 958. The molecule has 0 aliphatic carbocycles. The first-order valence-corrected chi connectivity index (χ1v) is 7.10. The van der Waals surface area contributed by atoms with Crippen molar-refractivity contribution >= 4 is 11.0 Å². The van der Waals surface area contributed by atoms with Gasteiger partial charge in [0.05, 0.1) is 0 Å². The largest absolute Gasteiger partial charge is 0.385 e. The van der Waals surface area contributed by atoms with E-state index in [9.17, 15) is 5.11 Å². The lowest BCUT2D eigenvalue weighted by Crippen LogP contribution is -2.03. The van der Waals surface area contributed by atoms with Crippen LogP contribution in [0.4, 0.5) is 0 Å². The van der Waals surface area contributed by atoms with Crippen LogP contribution in [-0.4, -0.2) is 40.3 Å². The topological polar surface area (TPSA) is 105 Å². The quantitative estimate of drug-likeness (QED) is 0.596. The third kappa shape index (κ3) is 2.25. The summed E-state index contributed by atoms with van der Waals surface area (Å²) in [6, 6.07) is 11.1. The number of aliphatic hydroxyl groups excluding tert-OH is 1. The second kappa shape index (κ2) is 5.25. The molecule has 0 saturated heterocycles. The average Bonchev–Trinajstić information content (AvgIpc) is 3.22. The van der Waals surface area contributed by atoms with Gasteiger partial charge in [-0.15, -0.1) is 5.10 Å². The fourth-order valence-electron chi connectivity index (χ4n) is 2.37. The maximum atomic E-state index is 9.84. The van der Waals surface area contributed by atoms with Crippen molar-refractivity contribution in [2.45, 2.75) is 13.0 Å². The summed E-state index contributed by atoms with van der Waals surface area (Å²) in [5, 5.41) is 25.1. The molecule has 1 atom stereocenters. The van der Waals surface area contributed by atoms with E-state index in [0.29, 0.717) is 23.0 Å². The van der Waals surface area contributed by atoms with Gasteiger partial charge in [-0.3, -0.25) is 0 Å². The predicted octanol–water partition coefficient (Wildman–Crippen LogP) is 1.65. The Kier molecular flexibility index (Phi) is 3.09. The lowest BCUT2D eigenvalue weighted by Gasteiger charge is -2.04. The number of H-pyrrole nitrogens is 1. The number of aliphatic hydroxyl groups is 1. The minimum Gasteiger partial charge on any atom is -0.385 e. The number of benzene rings is 1. The first-order valence-electron chi connectivity index (χ1n) is 7.10. The molecule has 1 aromatic carbocycles. The van der Waals surface area contributed by atoms with E-state index < -0.39 is 6.10 Å². The van der Waals surface area contributed by atoms with Crippen LogP contribution in [0, 0.1) is 0 Å². The van der Waals surface area contributed by atoms with Crippen molar-refractivity contribution in [3.8, 4) is 17.2 Å². The number of nitrogens with one attached hydrogen (secondary N) is 1. The Balaban J connectivity index is 1.99. The molecule has 114 valence electrons. The first-order chi connectivity index (χ1) is 11.2. The van der Waals surface area contributed by atoms with Crippen LogP contribution in [0.5, 0.6) is 0 Å². The number of aromatic amines is 1. The number of para-hydroxylation sites is 1. The minimum absolute atomic E-state index is 0.325. The molecule has 0 saturated carbocycles. The maximum absolute atomic E-state index is 9.84. The van der Waals surface area contributed by atoms with Crippen LogP contribution in [0.3, 0.4) is 0 Å². The SMILES string of the molecule is CC(O)c1nc(-c2cccc3n[nH]nc23)n(-c2ccccn2)n1. The van der Waals surface area contributed by atoms with E-state index in [2.05, 4.69) is 30.5 Å². The molecule has 0 radical (unpaired) electrons. The molecule has 3 heterocycles. The van der Waals surface area contributed by atoms with Gasteiger partial charge >= 0.3 is 0 Å². The van der Waals surface area contributed by atoms with Gasteiger partial charge in [-0.25, -0.2) is 9.97 Å². The summed E-state index contributed by atoms with van der Waals surface area (Å²) >= 11 is 0. The molecule has 4 rings (SSSR count). The van der Waals surface area contributed by atoms with Gasteiger partial charge in [0, 0.05) is 11.8 Å². The van der Waals surface area contributed by atoms with Crippen LogP contribution in [0.25, 0.3) is 28.2 Å². The summed E-state index contributed by atoms with van der Waals surface area (Å²) in [4.78, 5) is 8.78. The van der Waals surface area contributed by atoms with E-state index in [1.54, 1.807) is 17.8 Å². The second-order valence-electron chi connectivity index (χ2n) is 5.07. The molecule has 0 spiro atoms. The molecule has 0 aliphatic rings. The fraction of sp³-hybridized carbons (Fsp3) is 0.133. The van der Waals surface area contributed by atoms with Crippen molar-refractivity contribution in [3.63, 3.8) is 0 Å². The van der Waals surface area contributed by atoms with E-state index in [1.165, 1.54) is 0 Å². The van der Waals surface area contributed by atoms with Crippen LogP contribution < -0.4 is 0 Å². The average molecular weight is 307 g/mol. The number of rotatable bonds is 3. The van der Waals surface area contributed by atoms with Crippen molar-refractivity contribution < 1.29 is 5.11 Å². The van der Waals surface area contributed by atoms with Crippen molar-refractivity contribution in [1.82, 2.24) is 35.2 Å². The monoisotopic (exact) mass is 307 g/mol. The highest BCUT2D eigenvalue weighted by Crippen LogP contribution is 2.27. The molecule has 0 amide bonds. The van der Waals surface area contributed by atoms with Crippen molar-refractivity contribution in [1.29, 1.82) is 0 Å². The third-order valence-corrected chi connectivity index (χ3v) is 3.45. The van der Waals surface area contributed by atoms with Crippen LogP contribution in [-0.2, 0) is 0 Å². The van der Waals surface area contributed by atoms with E-state index in [4.69, 9.17) is 0 Å². The lowest BCUT2D eigenvalue weighted by molar-refractivity contribution is 0.189. The Morgan fingerprint density at radius 2 is 2.04 bits per heavy atom. The number of hydrogen-bond donors (Lipinski definition) is 2. The molecule has 3 aromatic heterocycles. The molecular formula is C15H13N7O. The first kappa shape index (κ1) is 13.5. The zero-order valence-corrected chi connectivity index (χ0v) is 12.2. The van der Waals surface area contributed by atoms with Gasteiger partial charge in [0.25, 0.3) is 0 Å². The molecule has 23 heavy (non-hydrogen) atoms. The molecule has 8 heteroatoms. The van der Waals surface area contributed by atoms with Gasteiger partial charge in [-0.2, -0.15) is 20.1 Å². The van der Waals surface area contributed by atoms with Gasteiger partial charge in [-0.1, -0.05) is 12.1 Å². The second-order valence-corrected chi connectivity index (χ2v) is 5.07. The lowest BCUT2D eigenvalue weighted by atomic mass is 10.1. The highest BCUT2D eigenvalue weighted by atomic mass is 16.3. The van der Waals surface area contributed by atoms with Gasteiger partial charge in [0.1, 0.15) is 17.1 Å². The molecule has 0 fully saturated rings. The van der Waals surface area contributed by atoms with Gasteiger partial charge in [-0.05, 0) is 31.2 Å². The zero-order valence-electron chi connectivity index (χ0n) is 12.2. The molecule has 8 nitrogen and oxygen atoms in total. The van der Waals surface area contributed by atoms with Gasteiger partial charge in [0.2, 0.25) is 0 Å². The number of fused-ring (bicyclic) bond motifs is 1. The van der Waals surface area contributed by atoms with E-state index in [0.717, 1.165) is 11.1 Å². The normalized spacial score (nSPS) is 12.6. The third-order valence-electron chi connectivity index (χ3n) is 3.45. The molecule has 0 bridgehead atoms. The highest BCUT2D eigenvalue weighted by molar-refractivity contribution is 5.89. The summed E-state index contributed by atoms with van der Waals surface area (Å²) in [6.45, 7) is 1.62. The summed E-state index contributed by atoms with van der Waals surface area (Å²) in [5.74, 6) is 1.49. The Morgan fingerprint density at radius 3 is 2.83 bits per heavy atom. The van der Waals surface area contributed by atoms with Crippen molar-refractivity contribution in [2.75, 3.05) is 0 Å². The molecule has 1 unspecified atom stereocenters. The zero-order chi connectivity index (χ0) is 15.8. The molecule has 0 aliphatic heterocycles. The van der Waals surface area contributed by atoms with E-state index >= 15 is 0 Å². The highest BCUT2D eigenvalue weighted by Gasteiger charge is 2.19. The Morgan fingerprint density at radius 1 is 1.13 bits per heavy atom. The van der Waals surface area contributed by atoms with Crippen LogP contribution in [0.1, 0.15) is 18.9 Å². The summed E-state index contributed by atoms with van der Waals surface area (Å²) in [6.07, 6.45) is 0.898. The minimum atomic E-state index is -0.782. The summed E-state index contributed by atoms with van der Waals surface area (Å²) in [5.41, 5.74) is 2.19. The Labute approximate surface area is 130 Å². The van der Waals surface area contributed by atoms with Crippen LogP contribution in [0.15, 0.2) is 42.6 Å². The molecule has 2 N–H and O–H groups in total. The standard InChI is InChI=1S/C15H13N7O/c1-9(23)14-17-15(22(20-14)12-7-2-3-8-16-12)10-5-4-6-11-13(10)19-21-18-11/h2-9,23H,1H3,(H,18,19,21). The Hall–Kier alpha value is -3.13. The molecular weight excluding hydrogens is 294 g/mol.